The van der Waals surface area contributed by atoms with Gasteiger partial charge >= 0.3 is 11.6 Å². The lowest BCUT2D eigenvalue weighted by Crippen LogP contribution is -2.51. The Morgan fingerprint density at radius 2 is 1.86 bits per heavy atom. The number of aryl methyl sites for hydroxylation is 1. The first-order valence-electron chi connectivity index (χ1n) is 11.1. The number of amides is 1. The van der Waals surface area contributed by atoms with Gasteiger partial charge in [0.15, 0.2) is 0 Å². The molecule has 0 saturated carbocycles. The molecule has 1 aliphatic rings. The van der Waals surface area contributed by atoms with Crippen molar-refractivity contribution in [2.75, 3.05) is 6.54 Å². The Morgan fingerprint density at radius 3 is 2.46 bits per heavy atom. The number of nitrogens with zero attached hydrogens (tertiary/aromatic N) is 1. The number of carbonyl (C=O) groups is 1. The number of carbonyl (C=O) groups excluding carboxylic acids is 1. The number of rotatable bonds is 5. The van der Waals surface area contributed by atoms with E-state index in [1.54, 1.807) is 45.0 Å². The van der Waals surface area contributed by atoms with Crippen LogP contribution >= 0.6 is 0 Å². The van der Waals surface area contributed by atoms with Crippen LogP contribution in [-0.4, -0.2) is 44.9 Å². The fourth-order valence-corrected chi connectivity index (χ4v) is 4.90. The third-order valence-corrected chi connectivity index (χ3v) is 6.94. The van der Waals surface area contributed by atoms with Crippen molar-refractivity contribution in [2.45, 2.75) is 63.7 Å². The van der Waals surface area contributed by atoms with Gasteiger partial charge in [0.05, 0.1) is 6.04 Å². The smallest absolute Gasteiger partial charge is 0.444 e. The molecule has 0 spiro atoms. The molecule has 11 heteroatoms. The topological polar surface area (TPSA) is 82.5 Å². The third kappa shape index (κ3) is 6.32. The van der Waals surface area contributed by atoms with Gasteiger partial charge in [-0.2, -0.15) is 13.2 Å². The zero-order chi connectivity index (χ0) is 26.2. The number of alkyl halides is 3. The summed E-state index contributed by atoms with van der Waals surface area (Å²) >= 11 is 0. The predicted octanol–water partition coefficient (Wildman–Crippen LogP) is 5.79. The average Bonchev–Trinajstić information content (AvgIpc) is 3.09. The molecule has 0 radical (unpaired) electrons. The third-order valence-electron chi connectivity index (χ3n) is 5.65. The van der Waals surface area contributed by atoms with Crippen LogP contribution in [0.4, 0.5) is 22.4 Å². The van der Waals surface area contributed by atoms with E-state index in [2.05, 4.69) is 0 Å². The summed E-state index contributed by atoms with van der Waals surface area (Å²) in [5, 5.41) is 0. The van der Waals surface area contributed by atoms with Crippen molar-refractivity contribution in [1.29, 1.82) is 4.78 Å². The molecule has 0 bridgehead atoms. The van der Waals surface area contributed by atoms with Gasteiger partial charge in [0, 0.05) is 18.2 Å². The molecule has 35 heavy (non-hydrogen) atoms. The van der Waals surface area contributed by atoms with Gasteiger partial charge < -0.3 is 9.64 Å². The monoisotopic (exact) mass is 515 g/mol. The minimum Gasteiger partial charge on any atom is -0.444 e. The summed E-state index contributed by atoms with van der Waals surface area (Å²) in [4.78, 5) is 14.0. The molecule has 3 rings (SSSR count). The normalized spacial score (nSPS) is 20.5. The van der Waals surface area contributed by atoms with E-state index in [1.165, 1.54) is 11.0 Å². The molecule has 1 aliphatic heterocycles. The van der Waals surface area contributed by atoms with Crippen molar-refractivity contribution in [2.24, 2.45) is 0 Å². The van der Waals surface area contributed by atoms with Crippen molar-refractivity contribution in [3.8, 4) is 11.1 Å². The van der Waals surface area contributed by atoms with Gasteiger partial charge in [0.1, 0.15) is 11.4 Å². The highest BCUT2D eigenvalue weighted by Crippen LogP contribution is 2.31. The first kappa shape index (κ1) is 26.9. The first-order chi connectivity index (χ1) is 16.1. The Balaban J connectivity index is 1.97. The molecule has 0 aliphatic carbocycles. The second-order valence-electron chi connectivity index (χ2n) is 9.61. The Labute approximate surface area is 202 Å². The van der Waals surface area contributed by atoms with Crippen molar-refractivity contribution < 1.29 is 31.3 Å². The number of likely N-dealkylation sites (tertiary alicyclic amines) is 1. The number of benzene rings is 2. The lowest BCUT2D eigenvalue weighted by molar-refractivity contribution is -0.0421. The van der Waals surface area contributed by atoms with Crippen molar-refractivity contribution in [1.82, 2.24) is 9.62 Å². The standard InChI is InChI=1S/C24H29F4N3O3S/c1-15-7-5-8-16(13-15)18-10-6-9-17(21(18)25)14-20-19(30-35(29,33)24(26,27)28)11-12-31(20)22(32)34-23(2,3)4/h5-10,13,19-20H,11-12,14H2,1-4H3,(H2,29,30,33)/t19-,20-,35?/m0/s1. The van der Waals surface area contributed by atoms with Gasteiger partial charge in [0.2, 0.25) is 9.92 Å². The van der Waals surface area contributed by atoms with Crippen LogP contribution in [0.3, 0.4) is 0 Å². The minimum absolute atomic E-state index is 0.00378. The van der Waals surface area contributed by atoms with Crippen LogP contribution < -0.4 is 4.72 Å². The van der Waals surface area contributed by atoms with E-state index in [0.717, 1.165) is 5.56 Å². The highest BCUT2D eigenvalue weighted by atomic mass is 32.2. The van der Waals surface area contributed by atoms with E-state index in [0.29, 0.717) is 11.1 Å². The van der Waals surface area contributed by atoms with Gasteiger partial charge in [0.25, 0.3) is 0 Å². The molecule has 6 nitrogen and oxygen atoms in total. The van der Waals surface area contributed by atoms with Gasteiger partial charge in [-0.15, -0.1) is 0 Å². The summed E-state index contributed by atoms with van der Waals surface area (Å²) in [6.45, 7) is 6.83. The molecule has 1 saturated heterocycles. The second kappa shape index (κ2) is 9.77. The fourth-order valence-electron chi connectivity index (χ4n) is 4.07. The van der Waals surface area contributed by atoms with E-state index in [-0.39, 0.29) is 24.9 Å². The maximum atomic E-state index is 15.6. The Hall–Kier alpha value is -2.66. The van der Waals surface area contributed by atoms with E-state index in [1.807, 2.05) is 23.8 Å². The number of hydrogen-bond donors (Lipinski definition) is 2. The Kier molecular flexibility index (Phi) is 7.52. The minimum atomic E-state index is -5.30. The molecular formula is C24H29F4N3O3S. The zero-order valence-electron chi connectivity index (χ0n) is 19.9. The lowest BCUT2D eigenvalue weighted by Gasteiger charge is -2.31. The molecule has 1 unspecified atom stereocenters. The van der Waals surface area contributed by atoms with Crippen LogP contribution in [0.2, 0.25) is 0 Å². The summed E-state index contributed by atoms with van der Waals surface area (Å²) in [6, 6.07) is 9.79. The largest absolute Gasteiger partial charge is 0.492 e. The predicted molar refractivity (Wildman–Crippen MR) is 125 cm³/mol. The maximum absolute atomic E-state index is 15.6. The second-order valence-corrected chi connectivity index (χ2v) is 11.4. The van der Waals surface area contributed by atoms with Gasteiger partial charge in [-0.05, 0) is 51.7 Å². The van der Waals surface area contributed by atoms with Crippen molar-refractivity contribution in [3.05, 3.63) is 59.4 Å². The molecule has 1 fully saturated rings. The summed E-state index contributed by atoms with van der Waals surface area (Å²) in [6.07, 6.45) is -0.935. The molecule has 0 aromatic heterocycles. The number of ether oxygens (including phenoxy) is 1. The summed E-state index contributed by atoms with van der Waals surface area (Å²) in [5.74, 6) is -0.560. The van der Waals surface area contributed by atoms with Gasteiger partial charge in [-0.1, -0.05) is 48.0 Å². The molecular weight excluding hydrogens is 486 g/mol. The van der Waals surface area contributed by atoms with E-state index >= 15 is 4.39 Å². The summed E-state index contributed by atoms with van der Waals surface area (Å²) < 4.78 is 81.7. The van der Waals surface area contributed by atoms with Crippen molar-refractivity contribution in [3.63, 3.8) is 0 Å². The van der Waals surface area contributed by atoms with Crippen LogP contribution in [0, 0.1) is 17.5 Å². The molecule has 1 amide bonds. The van der Waals surface area contributed by atoms with Crippen LogP contribution in [0.15, 0.2) is 42.5 Å². The number of hydrogen-bond acceptors (Lipinski definition) is 4. The highest BCUT2D eigenvalue weighted by molar-refractivity contribution is 7.91. The fraction of sp³-hybridized carbons (Fsp3) is 0.458. The van der Waals surface area contributed by atoms with Gasteiger partial charge in [-0.3, -0.25) is 0 Å². The van der Waals surface area contributed by atoms with E-state index in [4.69, 9.17) is 9.52 Å². The van der Waals surface area contributed by atoms with Crippen LogP contribution in [0.5, 0.6) is 0 Å². The lowest BCUT2D eigenvalue weighted by atomic mass is 9.95. The number of nitrogens with one attached hydrogen (secondary N) is 2. The molecule has 3 atom stereocenters. The average molecular weight is 516 g/mol. The van der Waals surface area contributed by atoms with Crippen LogP contribution in [0.25, 0.3) is 11.1 Å². The highest BCUT2D eigenvalue weighted by Gasteiger charge is 2.47. The summed E-state index contributed by atoms with van der Waals surface area (Å²) in [5.41, 5.74) is -4.09. The van der Waals surface area contributed by atoms with Crippen molar-refractivity contribution >= 4 is 16.0 Å². The Bertz CT molecular complexity index is 1190. The quantitative estimate of drug-likeness (QED) is 0.495. The maximum Gasteiger partial charge on any atom is 0.492 e. The molecule has 192 valence electrons. The van der Waals surface area contributed by atoms with Crippen LogP contribution in [0.1, 0.15) is 38.3 Å². The SMILES string of the molecule is Cc1cccc(-c2cccc(C[C@H]3[C@@H](NS(=N)(=O)C(F)(F)F)CCN3C(=O)OC(C)(C)C)c2F)c1. The molecule has 2 N–H and O–H groups in total. The zero-order valence-corrected chi connectivity index (χ0v) is 20.7. The van der Waals surface area contributed by atoms with Gasteiger partial charge in [-0.25, -0.2) is 22.9 Å². The van der Waals surface area contributed by atoms with E-state index in [9.17, 15) is 22.2 Å². The molecule has 1 heterocycles. The number of halogens is 4. The van der Waals surface area contributed by atoms with Crippen LogP contribution in [-0.2, 0) is 21.1 Å². The Morgan fingerprint density at radius 1 is 1.20 bits per heavy atom. The first-order valence-corrected chi connectivity index (χ1v) is 12.6. The summed E-state index contributed by atoms with van der Waals surface area (Å²) in [7, 11) is -5.18. The molecule has 2 aromatic carbocycles. The van der Waals surface area contributed by atoms with E-state index < -0.39 is 45.0 Å². The molecule has 2 aromatic rings.